The Kier molecular flexibility index (Phi) is 7.41. The number of rotatable bonds is 2. The maximum Gasteiger partial charge on any atom is 3.00 e. The number of pyridine rings is 1. The summed E-state index contributed by atoms with van der Waals surface area (Å²) < 4.78 is 4.50. The molecule has 3 heteroatoms. The molecule has 0 amide bonds. The summed E-state index contributed by atoms with van der Waals surface area (Å²) in [7, 11) is 0. The Morgan fingerprint density at radius 1 is 0.714 bits per heavy atom. The molecule has 0 unspecified atom stereocenters. The summed E-state index contributed by atoms with van der Waals surface area (Å²) in [5, 5.41) is 0. The van der Waals surface area contributed by atoms with Crippen molar-refractivity contribution >= 4 is 0 Å². The molecule has 2 aromatic carbocycles. The topological polar surface area (TPSA) is 42.9 Å². The Morgan fingerprint density at radius 2 is 1.11 bits per heavy atom. The Morgan fingerprint density at radius 3 is 1.39 bits per heavy atom. The first kappa shape index (κ1) is 22.6. The van der Waals surface area contributed by atoms with Gasteiger partial charge in [-0.15, -0.1) is 72.2 Å². The average Bonchev–Trinajstić information content (AvgIpc) is 2.68. The molecular weight excluding hydrogens is 527 g/mol. The Balaban J connectivity index is 0.00000136. The summed E-state index contributed by atoms with van der Waals surface area (Å²) >= 11 is 0. The van der Waals surface area contributed by atoms with Crippen LogP contribution in [0.2, 0.25) is 0 Å². The largest absolute Gasteiger partial charge is 3.00 e. The third kappa shape index (κ3) is 5.65. The number of hydrogen-bond acceptors (Lipinski definition) is 2. The number of nitrogens with zero attached hydrogens (tertiary/aromatic N) is 1. The van der Waals surface area contributed by atoms with Crippen molar-refractivity contribution in [2.75, 3.05) is 0 Å². The summed E-state index contributed by atoms with van der Waals surface area (Å²) in [5.41, 5.74) is 14.2. The van der Waals surface area contributed by atoms with Gasteiger partial charge in [-0.2, -0.15) is 0 Å². The molecule has 2 nitrogen and oxygen atoms in total. The van der Waals surface area contributed by atoms with E-state index in [4.69, 9.17) is 10.5 Å². The normalized spacial score (nSPS) is 11.6. The molecule has 0 aliphatic rings. The molecule has 1 heterocycles. The van der Waals surface area contributed by atoms with E-state index >= 15 is 0 Å². The molecule has 0 aliphatic carbocycles. The molecule has 3 aromatic rings. The maximum atomic E-state index is 7.50. The molecule has 0 aliphatic heterocycles. The van der Waals surface area contributed by atoms with E-state index in [1.165, 1.54) is 11.1 Å². The van der Waals surface area contributed by atoms with Gasteiger partial charge in [0.1, 0.15) is 0 Å². The Hall–Kier alpha value is -1.71. The second kappa shape index (κ2) is 9.19. The number of hydrogen-bond donors (Lipinski definition) is 0. The van der Waals surface area contributed by atoms with E-state index in [-0.39, 0.29) is 33.2 Å². The van der Waals surface area contributed by atoms with Crippen LogP contribution in [-0.4, -0.2) is 10.5 Å². The smallest absolute Gasteiger partial charge is 0.870 e. The van der Waals surface area contributed by atoms with Crippen molar-refractivity contribution in [1.82, 2.24) is 4.98 Å². The Bertz CT molecular complexity index is 819. The molecule has 0 bridgehead atoms. The van der Waals surface area contributed by atoms with E-state index in [1.54, 1.807) is 0 Å². The zero-order valence-electron chi connectivity index (χ0n) is 18.4. The van der Waals surface area contributed by atoms with Gasteiger partial charge in [-0.3, -0.25) is 0 Å². The van der Waals surface area contributed by atoms with Crippen molar-refractivity contribution in [2.45, 2.75) is 52.4 Å². The molecule has 1 aromatic heterocycles. The standard InChI is InChI=1S/C25H27N.Au.H2O/c1-24(2,3)20-14-10-18(11-15-20)22-8-7-9-23(26-22)19-12-16-21(17-13-19)25(4,5)6;;/h7-10,12,14-17H,1-6H3;;1H2/q-2;+3;/p-1/i/hD. The van der Waals surface area contributed by atoms with E-state index in [1.807, 2.05) is 12.1 Å². The van der Waals surface area contributed by atoms with Crippen LogP contribution in [0.15, 0.2) is 54.6 Å². The van der Waals surface area contributed by atoms with Gasteiger partial charge < -0.3 is 10.5 Å². The van der Waals surface area contributed by atoms with E-state index in [2.05, 4.69) is 97.6 Å². The summed E-state index contributed by atoms with van der Waals surface area (Å²) in [6, 6.07) is 25.6. The van der Waals surface area contributed by atoms with Crippen LogP contribution >= 0.6 is 0 Å². The van der Waals surface area contributed by atoms with Crippen LogP contribution in [0.4, 0.5) is 0 Å². The van der Waals surface area contributed by atoms with Crippen molar-refractivity contribution in [2.24, 2.45) is 0 Å². The van der Waals surface area contributed by atoms with Gasteiger partial charge in [0.25, 0.3) is 0 Å². The quantitative estimate of drug-likeness (QED) is 0.270. The van der Waals surface area contributed by atoms with Gasteiger partial charge in [-0.05, 0) is 22.2 Å². The van der Waals surface area contributed by atoms with Crippen molar-refractivity contribution in [3.05, 3.63) is 77.9 Å². The van der Waals surface area contributed by atoms with Gasteiger partial charge in [0, 0.05) is 0 Å². The summed E-state index contributed by atoms with van der Waals surface area (Å²) in [6.45, 7) is 13.3. The average molecular weight is 556 g/mol. The third-order valence-electron chi connectivity index (χ3n) is 4.66. The SMILES string of the molecule is CC(C)(C)c1c[c-]c(-c2cccc(-c3[c-]cc(C(C)(C)C)cc3)n2)cc1.[2H][O-].[Au+3]. The van der Waals surface area contributed by atoms with Crippen molar-refractivity contribution in [3.8, 4) is 22.5 Å². The number of benzene rings is 2. The minimum absolute atomic E-state index is 0. The van der Waals surface area contributed by atoms with Crippen LogP contribution in [0.1, 0.15) is 54.1 Å². The molecule has 1 N–H and O–H groups in total. The summed E-state index contributed by atoms with van der Waals surface area (Å²) in [5.74, 6) is 0. The van der Waals surface area contributed by atoms with Crippen LogP contribution in [0.3, 0.4) is 0 Å². The second-order valence-electron chi connectivity index (χ2n) is 8.89. The predicted molar refractivity (Wildman–Crippen MR) is 112 cm³/mol. The molecule has 0 spiro atoms. The molecule has 0 radical (unpaired) electrons. The first-order valence-corrected chi connectivity index (χ1v) is 9.17. The first-order chi connectivity index (χ1) is 13.1. The summed E-state index contributed by atoms with van der Waals surface area (Å²) in [6.07, 6.45) is 0. The van der Waals surface area contributed by atoms with Crippen LogP contribution < -0.4 is 0 Å². The predicted octanol–water partition coefficient (Wildman–Crippen LogP) is 6.43. The first-order valence-electron chi connectivity index (χ1n) is 9.58. The van der Waals surface area contributed by atoms with E-state index in [0.717, 1.165) is 22.5 Å². The monoisotopic (exact) mass is 556 g/mol. The fourth-order valence-corrected chi connectivity index (χ4v) is 2.84. The zero-order valence-corrected chi connectivity index (χ0v) is 19.5. The molecular formula is C25H28AuNO. The fraction of sp³-hybridized carbons (Fsp3) is 0.320. The van der Waals surface area contributed by atoms with E-state index in [9.17, 15) is 0 Å². The molecule has 0 saturated heterocycles. The van der Waals surface area contributed by atoms with Gasteiger partial charge >= 0.3 is 22.4 Å². The second-order valence-corrected chi connectivity index (χ2v) is 8.89. The van der Waals surface area contributed by atoms with E-state index < -0.39 is 0 Å². The fourth-order valence-electron chi connectivity index (χ4n) is 2.84. The van der Waals surface area contributed by atoms with Crippen molar-refractivity contribution < 1.29 is 29.3 Å². The van der Waals surface area contributed by atoms with Gasteiger partial charge in [0.2, 0.25) is 0 Å². The van der Waals surface area contributed by atoms with Gasteiger partial charge in [-0.25, -0.2) is 0 Å². The maximum absolute atomic E-state index is 7.50. The zero-order chi connectivity index (χ0) is 20.9. The molecule has 0 fully saturated rings. The third-order valence-corrected chi connectivity index (χ3v) is 4.66. The summed E-state index contributed by atoms with van der Waals surface area (Å²) in [4.78, 5) is 4.83. The van der Waals surface area contributed by atoms with E-state index in [0.29, 0.717) is 0 Å². The Labute approximate surface area is 186 Å². The molecule has 0 saturated carbocycles. The van der Waals surface area contributed by atoms with Crippen LogP contribution in [0.5, 0.6) is 0 Å². The van der Waals surface area contributed by atoms with Gasteiger partial charge in [-0.1, -0.05) is 59.7 Å². The molecule has 150 valence electrons. The van der Waals surface area contributed by atoms with Crippen LogP contribution in [0.25, 0.3) is 22.5 Å². The minimum atomic E-state index is 0. The van der Waals surface area contributed by atoms with Gasteiger partial charge in [0.05, 0.1) is 0 Å². The van der Waals surface area contributed by atoms with Crippen molar-refractivity contribution in [3.63, 3.8) is 0 Å². The number of aromatic nitrogens is 1. The molecule has 0 atom stereocenters. The minimum Gasteiger partial charge on any atom is -0.870 e. The van der Waals surface area contributed by atoms with Crippen LogP contribution in [-0.2, 0) is 33.2 Å². The van der Waals surface area contributed by atoms with Gasteiger partial charge in [0.15, 0.2) is 0 Å². The molecule has 28 heavy (non-hydrogen) atoms. The van der Waals surface area contributed by atoms with Crippen LogP contribution in [0, 0.1) is 12.1 Å². The molecule has 3 rings (SSSR count). The van der Waals surface area contributed by atoms with Crippen molar-refractivity contribution in [1.29, 1.82) is 0 Å².